The molecule has 14 heteroatoms. The predicted molar refractivity (Wildman–Crippen MR) is 181 cm³/mol. The smallest absolute Gasteiger partial charge is 0.212 e. The number of rotatable bonds is 4. The predicted octanol–water partition coefficient (Wildman–Crippen LogP) is 8.99. The number of benzene rings is 2. The van der Waals surface area contributed by atoms with E-state index >= 15 is 0 Å². The number of thiophene rings is 2. The number of halogens is 4. The molecule has 0 fully saturated rings. The van der Waals surface area contributed by atoms with Gasteiger partial charge in [0.05, 0.1) is 9.75 Å². The Balaban J connectivity index is 1.38. The normalized spacial score (nSPS) is 16.4. The monoisotopic (exact) mass is 716 g/mol. The zero-order valence-corrected chi connectivity index (χ0v) is 27.8. The number of nitrogens with zero attached hydrogens (tertiary/aromatic N) is 6. The van der Waals surface area contributed by atoms with Crippen LogP contribution >= 0.6 is 22.7 Å². The summed E-state index contributed by atoms with van der Waals surface area (Å²) in [5.74, 6) is -6.60. The van der Waals surface area contributed by atoms with Gasteiger partial charge in [0.15, 0.2) is 23.3 Å². The average Bonchev–Trinajstić information content (AvgIpc) is 3.89. The van der Waals surface area contributed by atoms with E-state index < -0.39 is 51.4 Å². The van der Waals surface area contributed by atoms with Crippen LogP contribution in [0.3, 0.4) is 0 Å². The SMILES string of the molecule is CCC1(CC)c2cc(/N=C3\C(=O)c4cc(F)c(F)cc4C3=C(C#N)C#N)sc2-c2sc(/N=C3\C(=O)c4cc(F)c(F)cc4C3=C(C#N)C#N)cc21. The molecule has 0 N–H and O–H groups in total. The summed E-state index contributed by atoms with van der Waals surface area (Å²) in [6.45, 7) is 3.96. The van der Waals surface area contributed by atoms with Gasteiger partial charge in [-0.05, 0) is 60.4 Å². The van der Waals surface area contributed by atoms with Crippen LogP contribution in [0.5, 0.6) is 0 Å². The summed E-state index contributed by atoms with van der Waals surface area (Å²) < 4.78 is 56.8. The number of ketones is 2. The van der Waals surface area contributed by atoms with Crippen LogP contribution in [0.15, 0.2) is 57.5 Å². The van der Waals surface area contributed by atoms with Crippen molar-refractivity contribution in [2.75, 3.05) is 0 Å². The number of allylic oxidation sites excluding steroid dienone is 4. The molecule has 2 heterocycles. The first kappa shape index (κ1) is 33.2. The average molecular weight is 717 g/mol. The second kappa shape index (κ2) is 11.9. The van der Waals surface area contributed by atoms with E-state index in [0.717, 1.165) is 33.0 Å². The summed E-state index contributed by atoms with van der Waals surface area (Å²) in [6.07, 6.45) is 1.20. The second-order valence-corrected chi connectivity index (χ2v) is 13.7. The molecule has 3 aliphatic rings. The first-order chi connectivity index (χ1) is 24.5. The van der Waals surface area contributed by atoms with Gasteiger partial charge in [0.25, 0.3) is 0 Å². The number of fused-ring (bicyclic) bond motifs is 5. The lowest BCUT2D eigenvalue weighted by molar-refractivity contribution is 0.106. The maximum atomic E-state index is 14.3. The second-order valence-electron chi connectivity index (χ2n) is 11.6. The standard InChI is InChI=1S/C37H16F4N6O2S2/c1-3-37(4-2)21-9-27(46-31-29(15(11-42)12-43)17-5-23(38)25(40)7-19(17)33(31)48)50-35(21)36-22(37)10-28(51-36)47-32-30(16(13-44)14-45)18-6-24(39)26(41)8-20(18)34(32)49/h5-10H,3-4H2,1-2H3/b46-31-,47-32-. The fraction of sp³-hybridized carbons (Fsp3) is 0.135. The third kappa shape index (κ3) is 4.65. The van der Waals surface area contributed by atoms with Gasteiger partial charge in [-0.25, -0.2) is 27.5 Å². The zero-order valence-electron chi connectivity index (χ0n) is 26.2. The number of carbonyl (C=O) groups is 2. The summed E-state index contributed by atoms with van der Waals surface area (Å²) >= 11 is 2.41. The Bertz CT molecular complexity index is 2440. The molecule has 0 atom stereocenters. The summed E-state index contributed by atoms with van der Waals surface area (Å²) in [7, 11) is 0. The molecule has 0 spiro atoms. The summed E-state index contributed by atoms with van der Waals surface area (Å²) in [4.78, 5) is 37.6. The van der Waals surface area contributed by atoms with E-state index in [9.17, 15) is 48.2 Å². The van der Waals surface area contributed by atoms with Crippen LogP contribution in [0.25, 0.3) is 20.9 Å². The lowest BCUT2D eigenvalue weighted by Gasteiger charge is -2.27. The van der Waals surface area contributed by atoms with Crippen molar-refractivity contribution in [3.63, 3.8) is 0 Å². The topological polar surface area (TPSA) is 154 Å². The molecule has 4 aromatic rings. The van der Waals surface area contributed by atoms with Gasteiger partial charge in [-0.3, -0.25) is 9.59 Å². The maximum Gasteiger partial charge on any atom is 0.212 e. The summed E-state index contributed by atoms with van der Waals surface area (Å²) in [5.41, 5.74) is -1.47. The van der Waals surface area contributed by atoms with Gasteiger partial charge in [-0.1, -0.05) is 13.8 Å². The third-order valence-corrected chi connectivity index (χ3v) is 11.5. The highest BCUT2D eigenvalue weighted by Gasteiger charge is 2.45. The molecule has 7 rings (SSSR count). The molecule has 0 saturated carbocycles. The fourth-order valence-corrected chi connectivity index (χ4v) is 9.33. The van der Waals surface area contributed by atoms with Crippen LogP contribution < -0.4 is 0 Å². The molecule has 3 aliphatic carbocycles. The number of hydrogen-bond acceptors (Lipinski definition) is 10. The molecule has 8 nitrogen and oxygen atoms in total. The van der Waals surface area contributed by atoms with E-state index in [1.165, 1.54) is 22.7 Å². The number of hydrogen-bond donors (Lipinski definition) is 0. The minimum absolute atomic E-state index is 0.112. The highest BCUT2D eigenvalue weighted by Crippen LogP contribution is 2.61. The van der Waals surface area contributed by atoms with Crippen molar-refractivity contribution < 1.29 is 27.2 Å². The Labute approximate surface area is 294 Å². The highest BCUT2D eigenvalue weighted by molar-refractivity contribution is 7.26. The molecule has 0 aliphatic heterocycles. The Morgan fingerprint density at radius 3 is 1.25 bits per heavy atom. The minimum atomic E-state index is -1.27. The molecule has 2 aromatic heterocycles. The molecule has 0 radical (unpaired) electrons. The van der Waals surface area contributed by atoms with Crippen LogP contribution in [0.2, 0.25) is 0 Å². The Hall–Kier alpha value is -6.32. The van der Waals surface area contributed by atoms with Gasteiger partial charge < -0.3 is 0 Å². The Kier molecular flexibility index (Phi) is 7.76. The number of aliphatic imine (C=N–C) groups is 2. The van der Waals surface area contributed by atoms with Gasteiger partial charge in [0.2, 0.25) is 11.6 Å². The molecule has 0 bridgehead atoms. The van der Waals surface area contributed by atoms with Crippen LogP contribution in [0.1, 0.15) is 69.7 Å². The van der Waals surface area contributed by atoms with Crippen LogP contribution in [0.4, 0.5) is 27.6 Å². The van der Waals surface area contributed by atoms with Crippen LogP contribution in [-0.2, 0) is 5.41 Å². The quantitative estimate of drug-likeness (QED) is 0.152. The van der Waals surface area contributed by atoms with E-state index in [2.05, 4.69) is 9.98 Å². The van der Waals surface area contributed by atoms with E-state index in [1.807, 2.05) is 13.8 Å². The molecular weight excluding hydrogens is 701 g/mol. The fourth-order valence-electron chi connectivity index (χ4n) is 6.91. The minimum Gasteiger partial charge on any atom is -0.287 e. The summed E-state index contributed by atoms with van der Waals surface area (Å²) in [5, 5.41) is 39.3. The van der Waals surface area contributed by atoms with Crippen LogP contribution in [0, 0.1) is 68.6 Å². The van der Waals surface area contributed by atoms with E-state index in [4.69, 9.17) is 0 Å². The number of carbonyl (C=O) groups excluding carboxylic acids is 2. The Morgan fingerprint density at radius 1 is 0.608 bits per heavy atom. The van der Waals surface area contributed by atoms with Crippen molar-refractivity contribution in [3.05, 3.63) is 104 Å². The van der Waals surface area contributed by atoms with Crippen molar-refractivity contribution in [3.8, 4) is 34.0 Å². The first-order valence-electron chi connectivity index (χ1n) is 15.1. The van der Waals surface area contributed by atoms with E-state index in [1.54, 1.807) is 36.4 Å². The molecule has 2 aromatic carbocycles. The van der Waals surface area contributed by atoms with Crippen molar-refractivity contribution in [1.29, 1.82) is 21.0 Å². The van der Waals surface area contributed by atoms with Gasteiger partial charge in [0.1, 0.15) is 56.8 Å². The lowest BCUT2D eigenvalue weighted by atomic mass is 9.75. The van der Waals surface area contributed by atoms with Gasteiger partial charge >= 0.3 is 0 Å². The zero-order chi connectivity index (χ0) is 36.5. The largest absolute Gasteiger partial charge is 0.287 e. The van der Waals surface area contributed by atoms with Gasteiger partial charge in [-0.15, -0.1) is 22.7 Å². The molecule has 0 unspecified atom stereocenters. The van der Waals surface area contributed by atoms with E-state index in [-0.39, 0.29) is 44.8 Å². The van der Waals surface area contributed by atoms with Crippen molar-refractivity contribution >= 4 is 66.8 Å². The number of Topliss-reactive ketones (excluding diaryl/α,β-unsaturated/α-hetero) is 2. The lowest BCUT2D eigenvalue weighted by Crippen LogP contribution is -2.22. The molecule has 246 valence electrons. The molecule has 0 saturated heterocycles. The summed E-state index contributed by atoms with van der Waals surface area (Å²) in [6, 6.07) is 13.4. The molecule has 51 heavy (non-hydrogen) atoms. The van der Waals surface area contributed by atoms with Gasteiger partial charge in [-0.2, -0.15) is 21.0 Å². The maximum absolute atomic E-state index is 14.3. The van der Waals surface area contributed by atoms with Crippen molar-refractivity contribution in [2.45, 2.75) is 32.1 Å². The number of nitriles is 4. The van der Waals surface area contributed by atoms with Crippen molar-refractivity contribution in [1.82, 2.24) is 0 Å². The van der Waals surface area contributed by atoms with Crippen LogP contribution in [-0.4, -0.2) is 23.0 Å². The van der Waals surface area contributed by atoms with Gasteiger partial charge in [0, 0.05) is 38.8 Å². The Morgan fingerprint density at radius 2 is 0.941 bits per heavy atom. The first-order valence-corrected chi connectivity index (χ1v) is 16.7. The third-order valence-electron chi connectivity index (χ3n) is 9.33. The molecule has 0 amide bonds. The van der Waals surface area contributed by atoms with E-state index in [0.29, 0.717) is 35.0 Å². The van der Waals surface area contributed by atoms with Crippen molar-refractivity contribution in [2.24, 2.45) is 9.98 Å². The highest BCUT2D eigenvalue weighted by atomic mass is 32.1. The molecular formula is C37H16F4N6O2S2.